The van der Waals surface area contributed by atoms with Crippen LogP contribution in [0.1, 0.15) is 29.3 Å². The Morgan fingerprint density at radius 1 is 1.32 bits per heavy atom. The van der Waals surface area contributed by atoms with Crippen LogP contribution in [0.2, 0.25) is 0 Å². The minimum Gasteiger partial charge on any atom is -0.477 e. The van der Waals surface area contributed by atoms with Crippen LogP contribution in [-0.4, -0.2) is 64.0 Å². The second kappa shape index (κ2) is 6.00. The maximum atomic E-state index is 12.2. The van der Waals surface area contributed by atoms with E-state index in [1.54, 1.807) is 38.4 Å². The maximum Gasteiger partial charge on any atom is 0.352 e. The summed E-state index contributed by atoms with van der Waals surface area (Å²) in [5.41, 5.74) is 1.52. The lowest BCUT2D eigenvalue weighted by Crippen LogP contribution is -2.61. The van der Waals surface area contributed by atoms with E-state index in [0.717, 1.165) is 0 Å². The van der Waals surface area contributed by atoms with Crippen molar-refractivity contribution in [3.05, 3.63) is 41.1 Å². The molecule has 2 heterocycles. The van der Waals surface area contributed by atoms with Crippen LogP contribution < -0.4 is 0 Å². The lowest BCUT2D eigenvalue weighted by molar-refractivity contribution is -0.161. The molecule has 1 aromatic carbocycles. The molecule has 2 N–H and O–H groups in total. The first-order valence-corrected chi connectivity index (χ1v) is 8.03. The molecule has 7 heteroatoms. The quantitative estimate of drug-likeness (QED) is 0.787. The Bertz CT molecular complexity index is 796. The fourth-order valence-electron chi connectivity index (χ4n) is 3.63. The van der Waals surface area contributed by atoms with Gasteiger partial charge in [-0.15, -0.1) is 0 Å². The van der Waals surface area contributed by atoms with Gasteiger partial charge in [0.05, 0.1) is 18.1 Å². The van der Waals surface area contributed by atoms with Crippen LogP contribution in [0.15, 0.2) is 30.0 Å². The average molecular weight is 344 g/mol. The number of hydrogen-bond acceptors (Lipinski definition) is 4. The first kappa shape index (κ1) is 17.2. The summed E-state index contributed by atoms with van der Waals surface area (Å²) in [6.45, 7) is 1.54. The molecule has 1 saturated heterocycles. The number of amides is 2. The molecule has 3 rings (SSSR count). The van der Waals surface area contributed by atoms with E-state index in [4.69, 9.17) is 0 Å². The summed E-state index contributed by atoms with van der Waals surface area (Å²) in [7, 11) is 3.29. The highest BCUT2D eigenvalue weighted by atomic mass is 16.4. The Labute approximate surface area is 145 Å². The molecule has 3 unspecified atom stereocenters. The van der Waals surface area contributed by atoms with E-state index in [0.29, 0.717) is 23.1 Å². The molecule has 0 spiro atoms. The van der Waals surface area contributed by atoms with Crippen LogP contribution in [0.5, 0.6) is 0 Å². The van der Waals surface area contributed by atoms with Crippen molar-refractivity contribution >= 4 is 23.4 Å². The molecule has 25 heavy (non-hydrogen) atoms. The highest BCUT2D eigenvalue weighted by Gasteiger charge is 2.56. The maximum absolute atomic E-state index is 12.2. The summed E-state index contributed by atoms with van der Waals surface area (Å²) in [5.74, 6) is -2.32. The van der Waals surface area contributed by atoms with Crippen LogP contribution in [0.3, 0.4) is 0 Å². The zero-order valence-electron chi connectivity index (χ0n) is 14.3. The monoisotopic (exact) mass is 344 g/mol. The van der Waals surface area contributed by atoms with Gasteiger partial charge >= 0.3 is 5.97 Å². The number of hydrogen-bond donors (Lipinski definition) is 2. The number of nitrogens with zero attached hydrogens (tertiary/aromatic N) is 2. The van der Waals surface area contributed by atoms with Crippen LogP contribution in [0, 0.1) is 5.92 Å². The number of carboxylic acids is 1. The fourth-order valence-corrected chi connectivity index (χ4v) is 3.63. The molecule has 0 aromatic heterocycles. The van der Waals surface area contributed by atoms with Gasteiger partial charge in [0.2, 0.25) is 5.91 Å². The zero-order chi connectivity index (χ0) is 18.5. The molecule has 2 aliphatic heterocycles. The van der Waals surface area contributed by atoms with Crippen LogP contribution in [0.4, 0.5) is 0 Å². The number of β-lactam (4-membered cyclic amide) rings is 1. The molecule has 1 aromatic rings. The van der Waals surface area contributed by atoms with Crippen molar-refractivity contribution in [1.82, 2.24) is 9.80 Å². The van der Waals surface area contributed by atoms with E-state index in [1.807, 2.05) is 0 Å². The van der Waals surface area contributed by atoms with Crippen molar-refractivity contribution < 1.29 is 24.6 Å². The Hall–Kier alpha value is -2.67. The lowest BCUT2D eigenvalue weighted by atomic mass is 9.82. The minimum atomic E-state index is -1.18. The SMILES string of the molecule is CC(O)C1C(=O)N2C(C(=O)O)=C(c3cccc(C(=O)N(C)C)c3)CC12. The summed E-state index contributed by atoms with van der Waals surface area (Å²) in [6.07, 6.45) is -0.479. The van der Waals surface area contributed by atoms with Crippen LogP contribution >= 0.6 is 0 Å². The van der Waals surface area contributed by atoms with Crippen molar-refractivity contribution in [2.45, 2.75) is 25.5 Å². The largest absolute Gasteiger partial charge is 0.477 e. The highest BCUT2D eigenvalue weighted by Crippen LogP contribution is 2.46. The number of carbonyl (C=O) groups is 3. The Kier molecular flexibility index (Phi) is 4.12. The number of benzene rings is 1. The molecule has 0 aliphatic carbocycles. The first-order chi connectivity index (χ1) is 11.7. The van der Waals surface area contributed by atoms with E-state index >= 15 is 0 Å². The van der Waals surface area contributed by atoms with Gasteiger partial charge in [-0.25, -0.2) is 4.79 Å². The highest BCUT2D eigenvalue weighted by molar-refractivity contribution is 6.06. The first-order valence-electron chi connectivity index (χ1n) is 8.03. The smallest absolute Gasteiger partial charge is 0.352 e. The van der Waals surface area contributed by atoms with Crippen molar-refractivity contribution in [2.75, 3.05) is 14.1 Å². The summed E-state index contributed by atoms with van der Waals surface area (Å²) in [5, 5.41) is 19.4. The molecule has 2 amide bonds. The minimum absolute atomic E-state index is 0.0543. The van der Waals surface area contributed by atoms with E-state index in [1.165, 1.54) is 16.7 Å². The number of aliphatic carboxylic acids is 1. The van der Waals surface area contributed by atoms with Gasteiger partial charge in [-0.1, -0.05) is 12.1 Å². The van der Waals surface area contributed by atoms with E-state index in [9.17, 15) is 24.6 Å². The summed E-state index contributed by atoms with van der Waals surface area (Å²) < 4.78 is 0. The molecule has 132 valence electrons. The molecule has 0 bridgehead atoms. The van der Waals surface area contributed by atoms with E-state index in [2.05, 4.69) is 0 Å². The molecule has 7 nitrogen and oxygen atoms in total. The fraction of sp³-hybridized carbons (Fsp3) is 0.389. The van der Waals surface area contributed by atoms with Gasteiger partial charge in [-0.3, -0.25) is 9.59 Å². The number of carbonyl (C=O) groups excluding carboxylic acids is 2. The number of rotatable bonds is 4. The van der Waals surface area contributed by atoms with Gasteiger partial charge in [0.15, 0.2) is 0 Å². The third-order valence-electron chi connectivity index (χ3n) is 4.80. The zero-order valence-corrected chi connectivity index (χ0v) is 14.3. The molecule has 0 saturated carbocycles. The topological polar surface area (TPSA) is 98.1 Å². The van der Waals surface area contributed by atoms with E-state index < -0.39 is 18.0 Å². The molecular formula is C18H20N2O5. The third-order valence-corrected chi connectivity index (χ3v) is 4.80. The summed E-state index contributed by atoms with van der Waals surface area (Å²) in [4.78, 5) is 38.8. The number of aliphatic hydroxyl groups excluding tert-OH is 1. The van der Waals surface area contributed by atoms with Gasteiger partial charge in [0.1, 0.15) is 5.70 Å². The third kappa shape index (κ3) is 2.60. The van der Waals surface area contributed by atoms with Gasteiger partial charge < -0.3 is 20.0 Å². The summed E-state index contributed by atoms with van der Waals surface area (Å²) in [6, 6.07) is 6.40. The molecular weight excluding hydrogens is 324 g/mol. The molecule has 2 aliphatic rings. The average Bonchev–Trinajstić information content (AvgIpc) is 2.89. The Balaban J connectivity index is 2.02. The normalized spacial score (nSPS) is 23.2. The number of carboxylic acid groups (broad SMARTS) is 1. The molecule has 3 atom stereocenters. The van der Waals surface area contributed by atoms with Crippen LogP contribution in [0.25, 0.3) is 5.57 Å². The molecule has 1 fully saturated rings. The van der Waals surface area contributed by atoms with Crippen LogP contribution in [-0.2, 0) is 9.59 Å². The number of fused-ring (bicyclic) bond motifs is 1. The van der Waals surface area contributed by atoms with Gasteiger partial charge in [-0.2, -0.15) is 0 Å². The predicted octanol–water partition coefficient (Wildman–Crippen LogP) is 0.796. The lowest BCUT2D eigenvalue weighted by Gasteiger charge is -2.44. The molecule has 0 radical (unpaired) electrons. The van der Waals surface area contributed by atoms with Crippen molar-refractivity contribution in [3.8, 4) is 0 Å². The summed E-state index contributed by atoms with van der Waals surface area (Å²) >= 11 is 0. The van der Waals surface area contributed by atoms with Crippen molar-refractivity contribution in [3.63, 3.8) is 0 Å². The Morgan fingerprint density at radius 2 is 2.00 bits per heavy atom. The number of aliphatic hydroxyl groups is 1. The standard InChI is InChI=1S/C18H20N2O5/c1-9(21)14-13-8-12(15(18(24)25)20(13)17(14)23)10-5-4-6-11(7-10)16(22)19(2)3/h4-7,9,13-14,21H,8H2,1-3H3,(H,24,25). The van der Waals surface area contributed by atoms with Gasteiger partial charge in [0, 0.05) is 19.7 Å². The van der Waals surface area contributed by atoms with Gasteiger partial charge in [0.25, 0.3) is 5.91 Å². The Morgan fingerprint density at radius 3 is 2.56 bits per heavy atom. The van der Waals surface area contributed by atoms with Gasteiger partial charge in [-0.05, 0) is 36.6 Å². The second-order valence-corrected chi connectivity index (χ2v) is 6.66. The second-order valence-electron chi connectivity index (χ2n) is 6.66. The van der Waals surface area contributed by atoms with Crippen molar-refractivity contribution in [2.24, 2.45) is 5.92 Å². The van der Waals surface area contributed by atoms with E-state index in [-0.39, 0.29) is 23.6 Å². The van der Waals surface area contributed by atoms with Crippen molar-refractivity contribution in [1.29, 1.82) is 0 Å². The predicted molar refractivity (Wildman–Crippen MR) is 89.4 cm³/mol.